The predicted octanol–water partition coefficient (Wildman–Crippen LogP) is 5.89. The van der Waals surface area contributed by atoms with E-state index in [0.717, 1.165) is 31.2 Å². The maximum atomic E-state index is 13.0. The summed E-state index contributed by atoms with van der Waals surface area (Å²) >= 11 is 0. The number of benzene rings is 2. The number of carbonyl (C=O) groups is 1. The lowest BCUT2D eigenvalue weighted by Gasteiger charge is -2.27. The van der Waals surface area contributed by atoms with Gasteiger partial charge in [0.25, 0.3) is 0 Å². The molecular formula is C26H28O3. The van der Waals surface area contributed by atoms with Crippen LogP contribution in [0.25, 0.3) is 0 Å². The minimum absolute atomic E-state index is 0.0930. The number of cyclic esters (lactones) is 1. The Morgan fingerprint density at radius 1 is 1.10 bits per heavy atom. The van der Waals surface area contributed by atoms with Crippen LogP contribution in [0.2, 0.25) is 0 Å². The van der Waals surface area contributed by atoms with Crippen molar-refractivity contribution in [3.05, 3.63) is 95.8 Å². The molecule has 3 heteroatoms. The van der Waals surface area contributed by atoms with E-state index in [1.807, 2.05) is 48.5 Å². The third-order valence-corrected chi connectivity index (χ3v) is 6.12. The molecule has 0 radical (unpaired) electrons. The van der Waals surface area contributed by atoms with Gasteiger partial charge in [-0.15, -0.1) is 6.58 Å². The molecule has 2 aliphatic rings. The summed E-state index contributed by atoms with van der Waals surface area (Å²) in [4.78, 5) is 13.0. The molecule has 1 heterocycles. The first-order valence-corrected chi connectivity index (χ1v) is 10.5. The summed E-state index contributed by atoms with van der Waals surface area (Å²) in [6, 6.07) is 20.3. The molecule has 1 saturated carbocycles. The lowest BCUT2D eigenvalue weighted by atomic mass is 9.82. The summed E-state index contributed by atoms with van der Waals surface area (Å²) < 4.78 is 5.90. The molecule has 3 nitrogen and oxygen atoms in total. The second kappa shape index (κ2) is 8.28. The van der Waals surface area contributed by atoms with Crippen molar-refractivity contribution in [3.63, 3.8) is 0 Å². The van der Waals surface area contributed by atoms with Crippen molar-refractivity contribution in [1.29, 1.82) is 0 Å². The number of esters is 1. The van der Waals surface area contributed by atoms with E-state index in [1.165, 1.54) is 5.56 Å². The van der Waals surface area contributed by atoms with Crippen LogP contribution in [0.1, 0.15) is 49.1 Å². The van der Waals surface area contributed by atoms with Crippen molar-refractivity contribution in [2.24, 2.45) is 5.92 Å². The zero-order valence-corrected chi connectivity index (χ0v) is 16.7. The van der Waals surface area contributed by atoms with E-state index in [4.69, 9.17) is 4.74 Å². The number of hydrogen-bond donors (Lipinski definition) is 1. The number of aliphatic hydroxyl groups excluding tert-OH is 1. The van der Waals surface area contributed by atoms with Crippen molar-refractivity contribution >= 4 is 5.97 Å². The van der Waals surface area contributed by atoms with Crippen molar-refractivity contribution in [3.8, 4) is 0 Å². The fourth-order valence-electron chi connectivity index (χ4n) is 4.53. The summed E-state index contributed by atoms with van der Waals surface area (Å²) in [7, 11) is 0. The Morgan fingerprint density at radius 3 is 2.38 bits per heavy atom. The van der Waals surface area contributed by atoms with E-state index in [1.54, 1.807) is 6.08 Å². The van der Waals surface area contributed by atoms with E-state index >= 15 is 0 Å². The van der Waals surface area contributed by atoms with Gasteiger partial charge in [-0.1, -0.05) is 66.7 Å². The van der Waals surface area contributed by atoms with Gasteiger partial charge in [0.15, 0.2) is 5.60 Å². The first-order valence-electron chi connectivity index (χ1n) is 10.5. The summed E-state index contributed by atoms with van der Waals surface area (Å²) in [5.74, 6) is 0.0523. The average molecular weight is 389 g/mol. The predicted molar refractivity (Wildman–Crippen MR) is 115 cm³/mol. The molecular weight excluding hydrogens is 360 g/mol. The first-order chi connectivity index (χ1) is 14.1. The van der Waals surface area contributed by atoms with E-state index in [-0.39, 0.29) is 17.6 Å². The average Bonchev–Trinajstić information content (AvgIpc) is 3.54. The third kappa shape index (κ3) is 4.00. The Hall–Kier alpha value is -2.81. The molecule has 2 aromatic carbocycles. The maximum Gasteiger partial charge on any atom is 0.339 e. The summed E-state index contributed by atoms with van der Waals surface area (Å²) in [6.07, 6.45) is 6.60. The Labute approximate surface area is 172 Å². The molecule has 1 fully saturated rings. The van der Waals surface area contributed by atoms with Crippen LogP contribution in [0.5, 0.6) is 0 Å². The Kier molecular flexibility index (Phi) is 5.57. The highest BCUT2D eigenvalue weighted by molar-refractivity contribution is 5.94. The van der Waals surface area contributed by atoms with Crippen molar-refractivity contribution < 1.29 is 14.6 Å². The van der Waals surface area contributed by atoms with Crippen LogP contribution in [0.4, 0.5) is 0 Å². The largest absolute Gasteiger partial charge is 0.507 e. The smallest absolute Gasteiger partial charge is 0.339 e. The minimum Gasteiger partial charge on any atom is -0.507 e. The molecule has 4 rings (SSSR count). The Morgan fingerprint density at radius 2 is 1.76 bits per heavy atom. The second-order valence-electron chi connectivity index (χ2n) is 8.20. The number of ether oxygens (including phenoxy) is 1. The van der Waals surface area contributed by atoms with Gasteiger partial charge in [-0.2, -0.15) is 0 Å². The van der Waals surface area contributed by atoms with E-state index in [0.29, 0.717) is 24.3 Å². The number of hydrogen-bond acceptors (Lipinski definition) is 3. The lowest BCUT2D eigenvalue weighted by Crippen LogP contribution is -2.31. The van der Waals surface area contributed by atoms with Gasteiger partial charge < -0.3 is 9.84 Å². The fourth-order valence-corrected chi connectivity index (χ4v) is 4.53. The molecule has 29 heavy (non-hydrogen) atoms. The molecule has 2 unspecified atom stereocenters. The van der Waals surface area contributed by atoms with Gasteiger partial charge >= 0.3 is 5.97 Å². The molecule has 150 valence electrons. The zero-order chi connectivity index (χ0) is 20.3. The molecule has 1 aliphatic carbocycles. The molecule has 0 saturated heterocycles. The van der Waals surface area contributed by atoms with Crippen LogP contribution >= 0.6 is 0 Å². The quantitative estimate of drug-likeness (QED) is 0.430. The standard InChI is InChI=1S/C26H28O3/c1-2-17-26(18-9-12-19-10-5-3-6-11-19)24(27)23(25(28)29-26)22(21-15-16-21)20-13-7-4-8-14-20/h2-8,10-11,13-14,21-22,27H,1,9,12,15-18H2. The number of aryl methyl sites for hydroxylation is 1. The van der Waals surface area contributed by atoms with E-state index in [9.17, 15) is 9.90 Å². The van der Waals surface area contributed by atoms with E-state index < -0.39 is 5.60 Å². The number of aliphatic hydroxyl groups is 1. The van der Waals surface area contributed by atoms with Crippen LogP contribution in [0.3, 0.4) is 0 Å². The van der Waals surface area contributed by atoms with Gasteiger partial charge in [0.05, 0.1) is 5.57 Å². The Balaban J connectivity index is 1.61. The van der Waals surface area contributed by atoms with Gasteiger partial charge in [0.2, 0.25) is 0 Å². The molecule has 1 aliphatic heterocycles. The summed E-state index contributed by atoms with van der Waals surface area (Å²) in [5, 5.41) is 11.3. The van der Waals surface area contributed by atoms with Crippen molar-refractivity contribution in [1.82, 2.24) is 0 Å². The van der Waals surface area contributed by atoms with Crippen molar-refractivity contribution in [2.75, 3.05) is 0 Å². The zero-order valence-electron chi connectivity index (χ0n) is 16.7. The minimum atomic E-state index is -0.981. The van der Waals surface area contributed by atoms with Crippen molar-refractivity contribution in [2.45, 2.75) is 50.0 Å². The first kappa shape index (κ1) is 19.5. The highest BCUT2D eigenvalue weighted by Crippen LogP contribution is 2.52. The summed E-state index contributed by atoms with van der Waals surface area (Å²) in [5.41, 5.74) is 1.80. The second-order valence-corrected chi connectivity index (χ2v) is 8.20. The topological polar surface area (TPSA) is 46.5 Å². The molecule has 2 aromatic rings. The number of rotatable bonds is 9. The number of carbonyl (C=O) groups excluding carboxylic acids is 1. The summed E-state index contributed by atoms with van der Waals surface area (Å²) in [6.45, 7) is 3.85. The highest BCUT2D eigenvalue weighted by atomic mass is 16.6. The third-order valence-electron chi connectivity index (χ3n) is 6.12. The molecule has 0 spiro atoms. The molecule has 0 amide bonds. The van der Waals surface area contributed by atoms with Gasteiger partial charge in [-0.05, 0) is 49.1 Å². The van der Waals surface area contributed by atoms with Gasteiger partial charge in [-0.3, -0.25) is 0 Å². The SMILES string of the molecule is C=CCC1(CCCc2ccccc2)OC(=O)C(C(c2ccccc2)C2CC2)=C1O. The van der Waals surface area contributed by atoms with Gasteiger partial charge in [-0.25, -0.2) is 4.79 Å². The van der Waals surface area contributed by atoms with E-state index in [2.05, 4.69) is 18.7 Å². The fraction of sp³-hybridized carbons (Fsp3) is 0.346. The molecule has 0 bridgehead atoms. The van der Waals surface area contributed by atoms with Crippen LogP contribution in [-0.2, 0) is 16.0 Å². The lowest BCUT2D eigenvalue weighted by molar-refractivity contribution is -0.149. The van der Waals surface area contributed by atoms with Crippen LogP contribution in [-0.4, -0.2) is 16.7 Å². The molecule has 2 atom stereocenters. The Bertz CT molecular complexity index is 896. The van der Waals surface area contributed by atoms with Gasteiger partial charge in [0, 0.05) is 12.3 Å². The highest BCUT2D eigenvalue weighted by Gasteiger charge is 2.51. The molecule has 0 aromatic heterocycles. The monoisotopic (exact) mass is 388 g/mol. The van der Waals surface area contributed by atoms with Gasteiger partial charge in [0.1, 0.15) is 5.76 Å². The van der Waals surface area contributed by atoms with Crippen LogP contribution in [0.15, 0.2) is 84.7 Å². The normalized spacial score (nSPS) is 22.4. The van der Waals surface area contributed by atoms with Crippen LogP contribution < -0.4 is 0 Å². The maximum absolute atomic E-state index is 13.0. The van der Waals surface area contributed by atoms with Crippen LogP contribution in [0, 0.1) is 5.92 Å². The molecule has 1 N–H and O–H groups in total.